The molecule has 0 bridgehead atoms. The number of aromatic amines is 1. The average Bonchev–Trinajstić information content (AvgIpc) is 2.55. The summed E-state index contributed by atoms with van der Waals surface area (Å²) >= 11 is 0. The van der Waals surface area contributed by atoms with E-state index < -0.39 is 0 Å². The zero-order valence-electron chi connectivity index (χ0n) is 6.67. The molecular formula is C8H13N3. The predicted molar refractivity (Wildman–Crippen MR) is 43.0 cm³/mol. The van der Waals surface area contributed by atoms with Crippen molar-refractivity contribution in [1.82, 2.24) is 15.3 Å². The lowest BCUT2D eigenvalue weighted by Gasteiger charge is -1.98. The van der Waals surface area contributed by atoms with Gasteiger partial charge in [0.05, 0.1) is 6.54 Å². The molecule has 0 saturated heterocycles. The van der Waals surface area contributed by atoms with Crippen LogP contribution in [0, 0.1) is 5.92 Å². The molecule has 0 aliphatic heterocycles. The first-order valence-electron chi connectivity index (χ1n) is 4.08. The summed E-state index contributed by atoms with van der Waals surface area (Å²) in [6.45, 7) is 3.14. The molecule has 1 fully saturated rings. The molecule has 1 aliphatic rings. The van der Waals surface area contributed by atoms with E-state index >= 15 is 0 Å². The molecule has 2 rings (SSSR count). The highest BCUT2D eigenvalue weighted by Crippen LogP contribution is 2.28. The molecule has 0 radical (unpaired) electrons. The van der Waals surface area contributed by atoms with Gasteiger partial charge in [0.2, 0.25) is 0 Å². The number of imidazole rings is 1. The van der Waals surface area contributed by atoms with Gasteiger partial charge in [-0.05, 0) is 12.3 Å². The monoisotopic (exact) mass is 151 g/mol. The van der Waals surface area contributed by atoms with Crippen molar-refractivity contribution in [3.05, 3.63) is 18.2 Å². The van der Waals surface area contributed by atoms with E-state index in [1.807, 2.05) is 6.20 Å². The van der Waals surface area contributed by atoms with Crippen LogP contribution in [0.2, 0.25) is 0 Å². The Kier molecular flexibility index (Phi) is 1.66. The van der Waals surface area contributed by atoms with Crippen molar-refractivity contribution in [3.63, 3.8) is 0 Å². The SMILES string of the molecule is C[C@@H]1C[C@H]1NCc1ncc[nH]1. The van der Waals surface area contributed by atoms with Gasteiger partial charge in [0.25, 0.3) is 0 Å². The smallest absolute Gasteiger partial charge is 0.120 e. The van der Waals surface area contributed by atoms with Gasteiger partial charge in [0.1, 0.15) is 5.82 Å². The molecule has 60 valence electrons. The summed E-state index contributed by atoms with van der Waals surface area (Å²) in [4.78, 5) is 7.18. The highest BCUT2D eigenvalue weighted by atomic mass is 15.0. The lowest BCUT2D eigenvalue weighted by atomic mass is 10.4. The van der Waals surface area contributed by atoms with Crippen LogP contribution in [0.1, 0.15) is 19.2 Å². The highest BCUT2D eigenvalue weighted by Gasteiger charge is 2.31. The first-order valence-corrected chi connectivity index (χ1v) is 4.08. The van der Waals surface area contributed by atoms with Crippen molar-refractivity contribution >= 4 is 0 Å². The molecule has 1 heterocycles. The van der Waals surface area contributed by atoms with E-state index in [0.717, 1.165) is 24.3 Å². The zero-order valence-corrected chi connectivity index (χ0v) is 6.67. The van der Waals surface area contributed by atoms with Crippen LogP contribution in [0.3, 0.4) is 0 Å². The summed E-state index contributed by atoms with van der Waals surface area (Å²) in [5.41, 5.74) is 0. The molecule has 2 N–H and O–H groups in total. The molecule has 0 spiro atoms. The third kappa shape index (κ3) is 1.60. The first kappa shape index (κ1) is 6.85. The van der Waals surface area contributed by atoms with Gasteiger partial charge in [0, 0.05) is 18.4 Å². The van der Waals surface area contributed by atoms with Crippen LogP contribution >= 0.6 is 0 Å². The van der Waals surface area contributed by atoms with Gasteiger partial charge in [-0.2, -0.15) is 0 Å². The van der Waals surface area contributed by atoms with E-state index in [9.17, 15) is 0 Å². The second-order valence-corrected chi connectivity index (χ2v) is 3.24. The van der Waals surface area contributed by atoms with Crippen molar-refractivity contribution in [2.75, 3.05) is 0 Å². The minimum absolute atomic E-state index is 0.736. The molecule has 2 atom stereocenters. The van der Waals surface area contributed by atoms with Crippen LogP contribution in [0.25, 0.3) is 0 Å². The van der Waals surface area contributed by atoms with E-state index in [0.29, 0.717) is 0 Å². The van der Waals surface area contributed by atoms with Crippen molar-refractivity contribution in [1.29, 1.82) is 0 Å². The number of H-pyrrole nitrogens is 1. The normalized spacial score (nSPS) is 28.8. The Labute approximate surface area is 66.2 Å². The van der Waals surface area contributed by atoms with Crippen molar-refractivity contribution < 1.29 is 0 Å². The fourth-order valence-electron chi connectivity index (χ4n) is 1.23. The van der Waals surface area contributed by atoms with Gasteiger partial charge in [-0.1, -0.05) is 6.92 Å². The minimum Gasteiger partial charge on any atom is -0.348 e. The van der Waals surface area contributed by atoms with Crippen LogP contribution in [-0.4, -0.2) is 16.0 Å². The quantitative estimate of drug-likeness (QED) is 0.674. The number of nitrogens with zero attached hydrogens (tertiary/aromatic N) is 1. The van der Waals surface area contributed by atoms with Gasteiger partial charge in [-0.3, -0.25) is 0 Å². The van der Waals surface area contributed by atoms with Gasteiger partial charge < -0.3 is 10.3 Å². The fraction of sp³-hybridized carbons (Fsp3) is 0.625. The maximum atomic E-state index is 4.12. The van der Waals surface area contributed by atoms with Crippen molar-refractivity contribution in [2.24, 2.45) is 5.92 Å². The second-order valence-electron chi connectivity index (χ2n) is 3.24. The molecule has 1 saturated carbocycles. The molecule has 3 heteroatoms. The third-order valence-electron chi connectivity index (χ3n) is 2.20. The molecule has 0 aromatic carbocycles. The lowest BCUT2D eigenvalue weighted by Crippen LogP contribution is -2.17. The number of aromatic nitrogens is 2. The van der Waals surface area contributed by atoms with Gasteiger partial charge >= 0.3 is 0 Å². The van der Waals surface area contributed by atoms with Crippen LogP contribution in [0.15, 0.2) is 12.4 Å². The minimum atomic E-state index is 0.736. The predicted octanol–water partition coefficient (Wildman–Crippen LogP) is 0.908. The molecule has 1 aliphatic carbocycles. The Morgan fingerprint density at radius 1 is 1.82 bits per heavy atom. The molecular weight excluding hydrogens is 138 g/mol. The van der Waals surface area contributed by atoms with E-state index in [-0.39, 0.29) is 0 Å². The summed E-state index contributed by atoms with van der Waals surface area (Å²) in [7, 11) is 0. The molecule has 0 amide bonds. The van der Waals surface area contributed by atoms with Gasteiger partial charge in [-0.15, -0.1) is 0 Å². The largest absolute Gasteiger partial charge is 0.348 e. The van der Waals surface area contributed by atoms with Crippen LogP contribution < -0.4 is 5.32 Å². The zero-order chi connectivity index (χ0) is 7.68. The lowest BCUT2D eigenvalue weighted by molar-refractivity contribution is 0.634. The Hall–Kier alpha value is -0.830. The summed E-state index contributed by atoms with van der Waals surface area (Å²) in [6.07, 6.45) is 4.96. The molecule has 0 unspecified atom stereocenters. The molecule has 1 aromatic heterocycles. The Balaban J connectivity index is 1.75. The summed E-state index contributed by atoms with van der Waals surface area (Å²) in [5.74, 6) is 1.90. The third-order valence-corrected chi connectivity index (χ3v) is 2.20. The van der Waals surface area contributed by atoms with Crippen molar-refractivity contribution in [2.45, 2.75) is 25.9 Å². The Morgan fingerprint density at radius 3 is 3.18 bits per heavy atom. The van der Waals surface area contributed by atoms with Gasteiger partial charge in [0.15, 0.2) is 0 Å². The number of nitrogens with one attached hydrogen (secondary N) is 2. The maximum absolute atomic E-state index is 4.12. The van der Waals surface area contributed by atoms with E-state index in [1.165, 1.54) is 6.42 Å². The standard InChI is InChI=1S/C8H13N3/c1-6-4-7(6)11-5-8-9-2-3-10-8/h2-3,6-7,11H,4-5H2,1H3,(H,9,10)/t6-,7-/m1/s1. The second kappa shape index (κ2) is 2.66. The summed E-state index contributed by atoms with van der Waals surface area (Å²) in [5, 5.41) is 3.42. The first-order chi connectivity index (χ1) is 5.36. The summed E-state index contributed by atoms with van der Waals surface area (Å²) < 4.78 is 0. The van der Waals surface area contributed by atoms with Crippen LogP contribution in [0.4, 0.5) is 0 Å². The average molecular weight is 151 g/mol. The number of hydrogen-bond acceptors (Lipinski definition) is 2. The van der Waals surface area contributed by atoms with Crippen molar-refractivity contribution in [3.8, 4) is 0 Å². The number of hydrogen-bond donors (Lipinski definition) is 2. The molecule has 3 nitrogen and oxygen atoms in total. The van der Waals surface area contributed by atoms with E-state index in [1.54, 1.807) is 6.20 Å². The van der Waals surface area contributed by atoms with E-state index in [4.69, 9.17) is 0 Å². The Morgan fingerprint density at radius 2 is 2.64 bits per heavy atom. The summed E-state index contributed by atoms with van der Waals surface area (Å²) in [6, 6.07) is 0.736. The van der Waals surface area contributed by atoms with Gasteiger partial charge in [-0.25, -0.2) is 4.98 Å². The van der Waals surface area contributed by atoms with Crippen LogP contribution in [-0.2, 0) is 6.54 Å². The van der Waals surface area contributed by atoms with E-state index in [2.05, 4.69) is 22.2 Å². The molecule has 11 heavy (non-hydrogen) atoms. The van der Waals surface area contributed by atoms with Crippen LogP contribution in [0.5, 0.6) is 0 Å². The fourth-order valence-corrected chi connectivity index (χ4v) is 1.23. The maximum Gasteiger partial charge on any atom is 0.120 e. The molecule has 1 aromatic rings. The topological polar surface area (TPSA) is 40.7 Å². The Bertz CT molecular complexity index is 217. The number of rotatable bonds is 3. The highest BCUT2D eigenvalue weighted by molar-refractivity contribution is 4.93.